The normalized spacial score (nSPS) is 19.8. The summed E-state index contributed by atoms with van der Waals surface area (Å²) in [6, 6.07) is 6.02. The molecule has 0 saturated carbocycles. The summed E-state index contributed by atoms with van der Waals surface area (Å²) >= 11 is 1.52. The Kier molecular flexibility index (Phi) is 3.88. The summed E-state index contributed by atoms with van der Waals surface area (Å²) in [7, 11) is 0. The Bertz CT molecular complexity index is 845. The summed E-state index contributed by atoms with van der Waals surface area (Å²) in [5.41, 5.74) is 1.94. The Balaban J connectivity index is 1.91. The predicted octanol–water partition coefficient (Wildman–Crippen LogP) is 3.55. The number of rotatable bonds is 3. The summed E-state index contributed by atoms with van der Waals surface area (Å²) in [6.45, 7) is 2.03. The summed E-state index contributed by atoms with van der Waals surface area (Å²) in [5, 5.41) is 8.39. The number of fused-ring (bicyclic) bond motifs is 1. The van der Waals surface area contributed by atoms with Gasteiger partial charge in [-0.05, 0) is 24.7 Å². The first kappa shape index (κ1) is 15.4. The van der Waals surface area contributed by atoms with E-state index >= 15 is 0 Å². The molecule has 1 aromatic carbocycles. The van der Waals surface area contributed by atoms with Crippen LogP contribution >= 0.6 is 11.8 Å². The lowest BCUT2D eigenvalue weighted by Crippen LogP contribution is -2.32. The van der Waals surface area contributed by atoms with Crippen molar-refractivity contribution in [3.05, 3.63) is 46.9 Å². The number of nitrogens with one attached hydrogen (secondary N) is 1. The van der Waals surface area contributed by atoms with Crippen LogP contribution < -0.4 is 5.32 Å². The van der Waals surface area contributed by atoms with Gasteiger partial charge in [0, 0.05) is 23.3 Å². The van der Waals surface area contributed by atoms with E-state index in [4.69, 9.17) is 0 Å². The number of carbonyl (C=O) groups excluding carboxylic acids is 1. The SMILES string of the molecule is CCSc1nc2n(n1)[C@H](c1ccccc1F)C1=C(CCCC1=O)N2. The molecule has 4 rings (SSSR count). The molecule has 24 heavy (non-hydrogen) atoms. The molecule has 2 aromatic rings. The van der Waals surface area contributed by atoms with Gasteiger partial charge in [-0.2, -0.15) is 4.98 Å². The van der Waals surface area contributed by atoms with Crippen molar-refractivity contribution in [2.24, 2.45) is 0 Å². The number of hydrogen-bond acceptors (Lipinski definition) is 5. The van der Waals surface area contributed by atoms with Gasteiger partial charge in [0.15, 0.2) is 5.78 Å². The number of benzene rings is 1. The van der Waals surface area contributed by atoms with E-state index < -0.39 is 6.04 Å². The molecule has 7 heteroatoms. The molecule has 5 nitrogen and oxygen atoms in total. The molecule has 1 aromatic heterocycles. The summed E-state index contributed by atoms with van der Waals surface area (Å²) in [6.07, 6.45) is 2.07. The number of anilines is 1. The largest absolute Gasteiger partial charge is 0.328 e. The molecule has 1 N–H and O–H groups in total. The van der Waals surface area contributed by atoms with E-state index in [2.05, 4.69) is 15.4 Å². The van der Waals surface area contributed by atoms with Gasteiger partial charge in [0.25, 0.3) is 0 Å². The van der Waals surface area contributed by atoms with Crippen LogP contribution in [0.4, 0.5) is 10.3 Å². The Labute approximate surface area is 143 Å². The van der Waals surface area contributed by atoms with Crippen molar-refractivity contribution < 1.29 is 9.18 Å². The zero-order valence-electron chi connectivity index (χ0n) is 13.3. The predicted molar refractivity (Wildman–Crippen MR) is 90.5 cm³/mol. The van der Waals surface area contributed by atoms with Crippen molar-refractivity contribution in [1.29, 1.82) is 0 Å². The highest BCUT2D eigenvalue weighted by Crippen LogP contribution is 2.41. The van der Waals surface area contributed by atoms with Gasteiger partial charge in [0.1, 0.15) is 11.9 Å². The van der Waals surface area contributed by atoms with Crippen LogP contribution in [0.25, 0.3) is 0 Å². The first-order chi connectivity index (χ1) is 11.7. The lowest BCUT2D eigenvalue weighted by molar-refractivity contribution is -0.116. The van der Waals surface area contributed by atoms with Crippen molar-refractivity contribution in [3.63, 3.8) is 0 Å². The van der Waals surface area contributed by atoms with Gasteiger partial charge in [0.2, 0.25) is 11.1 Å². The number of ketones is 1. The number of aromatic nitrogens is 3. The molecule has 0 bridgehead atoms. The maximum atomic E-state index is 14.5. The first-order valence-electron chi connectivity index (χ1n) is 8.06. The molecule has 0 fully saturated rings. The van der Waals surface area contributed by atoms with Crippen LogP contribution in [-0.4, -0.2) is 26.3 Å². The second-order valence-electron chi connectivity index (χ2n) is 5.81. The van der Waals surface area contributed by atoms with E-state index in [0.717, 1.165) is 24.3 Å². The smallest absolute Gasteiger partial charge is 0.227 e. The number of halogens is 1. The van der Waals surface area contributed by atoms with E-state index in [1.54, 1.807) is 22.9 Å². The Hall–Kier alpha value is -2.15. The second-order valence-corrected chi connectivity index (χ2v) is 7.04. The van der Waals surface area contributed by atoms with Crippen LogP contribution in [0.2, 0.25) is 0 Å². The highest BCUT2D eigenvalue weighted by molar-refractivity contribution is 7.99. The highest BCUT2D eigenvalue weighted by Gasteiger charge is 2.37. The molecule has 0 saturated heterocycles. The van der Waals surface area contributed by atoms with Gasteiger partial charge >= 0.3 is 0 Å². The molecule has 0 spiro atoms. The summed E-state index contributed by atoms with van der Waals surface area (Å²) in [4.78, 5) is 17.1. The molecule has 2 aliphatic rings. The second kappa shape index (κ2) is 6.05. The number of hydrogen-bond donors (Lipinski definition) is 1. The van der Waals surface area contributed by atoms with Gasteiger partial charge in [-0.15, -0.1) is 5.10 Å². The molecule has 0 radical (unpaired) electrons. The lowest BCUT2D eigenvalue weighted by atomic mass is 9.85. The van der Waals surface area contributed by atoms with Crippen molar-refractivity contribution >= 4 is 23.5 Å². The van der Waals surface area contributed by atoms with E-state index in [1.807, 2.05) is 6.92 Å². The number of Topliss-reactive ketones (excluding diaryl/α,β-unsaturated/α-hetero) is 1. The number of allylic oxidation sites excluding steroid dienone is 2. The van der Waals surface area contributed by atoms with Gasteiger partial charge in [-0.1, -0.05) is 36.9 Å². The summed E-state index contributed by atoms with van der Waals surface area (Å²) in [5.74, 6) is 1.15. The van der Waals surface area contributed by atoms with Crippen LogP contribution in [-0.2, 0) is 4.79 Å². The van der Waals surface area contributed by atoms with E-state index in [9.17, 15) is 9.18 Å². The van der Waals surface area contributed by atoms with Crippen LogP contribution in [0.3, 0.4) is 0 Å². The third-order valence-corrected chi connectivity index (χ3v) is 5.04. The van der Waals surface area contributed by atoms with Crippen LogP contribution in [0.1, 0.15) is 37.8 Å². The Morgan fingerprint density at radius 3 is 3.00 bits per heavy atom. The molecule has 0 unspecified atom stereocenters. The maximum absolute atomic E-state index is 14.5. The number of thioether (sulfide) groups is 1. The van der Waals surface area contributed by atoms with Crippen LogP contribution in [0, 0.1) is 5.82 Å². The quantitative estimate of drug-likeness (QED) is 0.863. The maximum Gasteiger partial charge on any atom is 0.227 e. The standard InChI is InChI=1S/C17H17FN4OS/c1-2-24-17-20-16-19-12-8-5-9-13(23)14(12)15(22(16)21-17)10-6-3-4-7-11(10)18/h3-4,6-7,15H,2,5,8-9H2,1H3,(H,19,20,21)/t15-/m1/s1. The molecule has 0 amide bonds. The third-order valence-electron chi connectivity index (χ3n) is 4.32. The lowest BCUT2D eigenvalue weighted by Gasteiger charge is -2.32. The molecule has 1 aliphatic carbocycles. The van der Waals surface area contributed by atoms with Gasteiger partial charge in [-0.3, -0.25) is 4.79 Å². The van der Waals surface area contributed by atoms with Crippen LogP contribution in [0.15, 0.2) is 40.7 Å². The highest BCUT2D eigenvalue weighted by atomic mass is 32.2. The molecular formula is C17H17FN4OS. The zero-order valence-corrected chi connectivity index (χ0v) is 14.1. The van der Waals surface area contributed by atoms with Crippen LogP contribution in [0.5, 0.6) is 0 Å². The fourth-order valence-corrected chi connectivity index (χ4v) is 3.87. The molecule has 124 valence electrons. The Morgan fingerprint density at radius 2 is 2.21 bits per heavy atom. The Morgan fingerprint density at radius 1 is 1.38 bits per heavy atom. The fourth-order valence-electron chi connectivity index (χ4n) is 3.31. The van der Waals surface area contributed by atoms with Crippen molar-refractivity contribution in [2.75, 3.05) is 11.1 Å². The minimum atomic E-state index is -0.552. The van der Waals surface area contributed by atoms with Gasteiger partial charge in [0.05, 0.1) is 0 Å². The minimum Gasteiger partial charge on any atom is -0.328 e. The van der Waals surface area contributed by atoms with Crippen molar-refractivity contribution in [3.8, 4) is 0 Å². The monoisotopic (exact) mass is 344 g/mol. The minimum absolute atomic E-state index is 0.0582. The van der Waals surface area contributed by atoms with E-state index in [1.165, 1.54) is 17.8 Å². The summed E-state index contributed by atoms with van der Waals surface area (Å²) < 4.78 is 16.1. The van der Waals surface area contributed by atoms with E-state index in [-0.39, 0.29) is 11.6 Å². The molecule has 1 atom stereocenters. The average Bonchev–Trinajstić information content (AvgIpc) is 2.96. The third kappa shape index (κ3) is 2.43. The van der Waals surface area contributed by atoms with Gasteiger partial charge < -0.3 is 5.32 Å². The first-order valence-corrected chi connectivity index (χ1v) is 9.04. The van der Waals surface area contributed by atoms with Crippen molar-refractivity contribution in [2.45, 2.75) is 37.4 Å². The average molecular weight is 344 g/mol. The van der Waals surface area contributed by atoms with Gasteiger partial charge in [-0.25, -0.2) is 9.07 Å². The fraction of sp³-hybridized carbons (Fsp3) is 0.353. The molecular weight excluding hydrogens is 327 g/mol. The van der Waals surface area contributed by atoms with Crippen molar-refractivity contribution in [1.82, 2.24) is 14.8 Å². The zero-order chi connectivity index (χ0) is 16.7. The molecule has 2 heterocycles. The molecule has 1 aliphatic heterocycles. The number of nitrogens with zero attached hydrogens (tertiary/aromatic N) is 3. The topological polar surface area (TPSA) is 59.8 Å². The van der Waals surface area contributed by atoms with E-state index in [0.29, 0.717) is 28.7 Å². The number of carbonyl (C=O) groups is 1.